The summed E-state index contributed by atoms with van der Waals surface area (Å²) in [6.07, 6.45) is 3.99. The number of likely N-dealkylation sites (tertiary alicyclic amines) is 1. The number of carbonyl (C=O) groups excluding carboxylic acids is 1. The van der Waals surface area contributed by atoms with Crippen LogP contribution in [-0.4, -0.2) is 58.9 Å². The maximum atomic E-state index is 14.5. The molecule has 38 heavy (non-hydrogen) atoms. The van der Waals surface area contributed by atoms with E-state index in [0.29, 0.717) is 30.6 Å². The second kappa shape index (κ2) is 10.5. The second-order valence-electron chi connectivity index (χ2n) is 10.3. The van der Waals surface area contributed by atoms with E-state index in [0.717, 1.165) is 6.26 Å². The minimum absolute atomic E-state index is 0.0394. The first kappa shape index (κ1) is 27.7. The minimum atomic E-state index is -3.64. The molecule has 2 unspecified atom stereocenters. The summed E-state index contributed by atoms with van der Waals surface area (Å²) in [4.78, 5) is 35.5. The van der Waals surface area contributed by atoms with Gasteiger partial charge in [-0.3, -0.25) is 4.79 Å². The molecular formula is C26H28ClFN4O5S. The Balaban J connectivity index is 1.72. The molecule has 0 radical (unpaired) electrons. The van der Waals surface area contributed by atoms with Gasteiger partial charge < -0.3 is 14.2 Å². The van der Waals surface area contributed by atoms with Crippen molar-refractivity contribution in [3.8, 4) is 11.3 Å². The lowest BCUT2D eigenvalue weighted by atomic mass is 9.91. The average Bonchev–Trinajstić information content (AvgIpc) is 3.31. The molecule has 0 N–H and O–H groups in total. The number of halogens is 2. The first-order valence-corrected chi connectivity index (χ1v) is 14.2. The Morgan fingerprint density at radius 2 is 1.95 bits per heavy atom. The van der Waals surface area contributed by atoms with Gasteiger partial charge in [-0.25, -0.2) is 27.6 Å². The highest BCUT2D eigenvalue weighted by Gasteiger charge is 2.36. The number of amides is 1. The van der Waals surface area contributed by atoms with Crippen LogP contribution in [0.1, 0.15) is 38.8 Å². The summed E-state index contributed by atoms with van der Waals surface area (Å²) in [6, 6.07) is 8.28. The van der Waals surface area contributed by atoms with Crippen LogP contribution >= 0.6 is 11.6 Å². The van der Waals surface area contributed by atoms with Crippen LogP contribution in [0, 0.1) is 11.7 Å². The van der Waals surface area contributed by atoms with Crippen LogP contribution in [0.4, 0.5) is 9.18 Å². The number of hydrogen-bond acceptors (Lipinski definition) is 7. The Hall–Kier alpha value is -3.31. The van der Waals surface area contributed by atoms with Crippen LogP contribution in [0.15, 0.2) is 58.7 Å². The fraction of sp³-hybridized carbons (Fsp3) is 0.385. The third-order valence-electron chi connectivity index (χ3n) is 6.12. The number of hydrogen-bond donors (Lipinski definition) is 0. The smallest absolute Gasteiger partial charge is 0.410 e. The molecular weight excluding hydrogens is 535 g/mol. The number of ether oxygens (including phenoxy) is 1. The first-order chi connectivity index (χ1) is 17.7. The molecule has 0 saturated carbocycles. The summed E-state index contributed by atoms with van der Waals surface area (Å²) in [7, 11) is -3.64. The van der Waals surface area contributed by atoms with Crippen molar-refractivity contribution in [2.75, 3.05) is 19.3 Å². The molecule has 3 heterocycles. The van der Waals surface area contributed by atoms with Gasteiger partial charge in [-0.2, -0.15) is 0 Å². The zero-order valence-electron chi connectivity index (χ0n) is 21.4. The lowest BCUT2D eigenvalue weighted by molar-refractivity contribution is 0.0285. The molecule has 12 heteroatoms. The number of pyridine rings is 1. The molecule has 4 rings (SSSR count). The fourth-order valence-corrected chi connectivity index (χ4v) is 5.09. The number of rotatable bonds is 5. The summed E-state index contributed by atoms with van der Waals surface area (Å²) in [5, 5.41) is -0.385. The van der Waals surface area contributed by atoms with Gasteiger partial charge in [0.1, 0.15) is 11.4 Å². The van der Waals surface area contributed by atoms with E-state index in [9.17, 15) is 22.4 Å². The van der Waals surface area contributed by atoms with Crippen molar-refractivity contribution in [2.45, 2.75) is 44.0 Å². The molecule has 1 saturated heterocycles. The van der Waals surface area contributed by atoms with Crippen LogP contribution in [0.3, 0.4) is 0 Å². The first-order valence-electron chi connectivity index (χ1n) is 11.9. The quantitative estimate of drug-likeness (QED) is 0.425. The summed E-state index contributed by atoms with van der Waals surface area (Å²) in [5.41, 5.74) is 0.146. The van der Waals surface area contributed by atoms with E-state index in [2.05, 4.69) is 9.97 Å². The van der Waals surface area contributed by atoms with E-state index >= 15 is 0 Å². The summed E-state index contributed by atoms with van der Waals surface area (Å²) < 4.78 is 45.2. The van der Waals surface area contributed by atoms with Crippen LogP contribution in [0.2, 0.25) is 5.02 Å². The second-order valence-corrected chi connectivity index (χ2v) is 12.6. The highest BCUT2D eigenvalue weighted by atomic mass is 35.5. The summed E-state index contributed by atoms with van der Waals surface area (Å²) >= 11 is 5.91. The third kappa shape index (κ3) is 6.21. The van der Waals surface area contributed by atoms with Gasteiger partial charge in [0.15, 0.2) is 0 Å². The largest absolute Gasteiger partial charge is 0.444 e. The third-order valence-corrected chi connectivity index (χ3v) is 7.28. The molecule has 2 atom stereocenters. The maximum Gasteiger partial charge on any atom is 0.410 e. The highest BCUT2D eigenvalue weighted by Crippen LogP contribution is 2.35. The predicted molar refractivity (Wildman–Crippen MR) is 140 cm³/mol. The molecule has 1 aromatic carbocycles. The molecule has 2 aromatic heterocycles. The van der Waals surface area contributed by atoms with Gasteiger partial charge in [-0.15, -0.1) is 0 Å². The molecule has 202 valence electrons. The van der Waals surface area contributed by atoms with E-state index in [-0.39, 0.29) is 21.8 Å². The van der Waals surface area contributed by atoms with E-state index in [1.165, 1.54) is 35.0 Å². The Kier molecular flexibility index (Phi) is 7.62. The number of sulfone groups is 1. The van der Waals surface area contributed by atoms with Crippen molar-refractivity contribution in [1.82, 2.24) is 19.4 Å². The lowest BCUT2D eigenvalue weighted by Gasteiger charge is -2.28. The predicted octanol–water partition coefficient (Wildman–Crippen LogP) is 4.35. The molecule has 3 aromatic rings. The van der Waals surface area contributed by atoms with E-state index in [1.807, 2.05) is 0 Å². The number of aromatic nitrogens is 3. The lowest BCUT2D eigenvalue weighted by Crippen LogP contribution is -2.37. The number of benzene rings is 1. The van der Waals surface area contributed by atoms with Gasteiger partial charge in [0.25, 0.3) is 5.56 Å². The highest BCUT2D eigenvalue weighted by molar-refractivity contribution is 7.90. The molecule has 9 nitrogen and oxygen atoms in total. The van der Waals surface area contributed by atoms with Crippen LogP contribution in [0.5, 0.6) is 0 Å². The van der Waals surface area contributed by atoms with Crippen molar-refractivity contribution in [2.24, 2.45) is 5.92 Å². The van der Waals surface area contributed by atoms with Crippen molar-refractivity contribution in [1.29, 1.82) is 0 Å². The standard InChI is InChI=1S/C26H28ClFN4O5S/c1-26(2,3)37-25(34)31-11-8-18(15-31)23(17-5-6-19(27)20(28)13-17)32-12-9-16(14-22(32)33)21-7-10-29-24(30-21)38(4,35)36/h5-7,9-10,12-14,18,23H,8,11,15H2,1-4H3. The Bertz CT molecular complexity index is 1540. The summed E-state index contributed by atoms with van der Waals surface area (Å²) in [5.74, 6) is -0.836. The van der Waals surface area contributed by atoms with E-state index in [4.69, 9.17) is 16.3 Å². The van der Waals surface area contributed by atoms with Gasteiger partial charge >= 0.3 is 6.09 Å². The van der Waals surface area contributed by atoms with Gasteiger partial charge in [0.2, 0.25) is 15.0 Å². The molecule has 1 aliphatic rings. The Morgan fingerprint density at radius 1 is 1.21 bits per heavy atom. The molecule has 1 aliphatic heterocycles. The zero-order valence-corrected chi connectivity index (χ0v) is 23.0. The van der Waals surface area contributed by atoms with E-state index < -0.39 is 38.9 Å². The van der Waals surface area contributed by atoms with Gasteiger partial charge in [-0.05, 0) is 57.0 Å². The van der Waals surface area contributed by atoms with Crippen molar-refractivity contribution in [3.05, 3.63) is 75.5 Å². The molecule has 0 bridgehead atoms. The topological polar surface area (TPSA) is 111 Å². The number of carbonyl (C=O) groups is 1. The molecule has 0 spiro atoms. The van der Waals surface area contributed by atoms with Gasteiger partial charge in [0, 0.05) is 49.3 Å². The van der Waals surface area contributed by atoms with Crippen molar-refractivity contribution in [3.63, 3.8) is 0 Å². The average molecular weight is 563 g/mol. The Morgan fingerprint density at radius 3 is 2.58 bits per heavy atom. The summed E-state index contributed by atoms with van der Waals surface area (Å²) in [6.45, 7) is 6.09. The van der Waals surface area contributed by atoms with E-state index in [1.54, 1.807) is 44.0 Å². The normalized spacial score (nSPS) is 16.9. The fourth-order valence-electron chi connectivity index (χ4n) is 4.45. The monoisotopic (exact) mass is 562 g/mol. The molecule has 0 aliphatic carbocycles. The minimum Gasteiger partial charge on any atom is -0.444 e. The SMILES string of the molecule is CC(C)(C)OC(=O)N1CCC(C(c2ccc(Cl)c(F)c2)n2ccc(-c3ccnc(S(C)(=O)=O)n3)cc2=O)C1. The Labute approximate surface area is 225 Å². The van der Waals surface area contributed by atoms with Crippen molar-refractivity contribution < 1.29 is 22.3 Å². The molecule has 1 amide bonds. The van der Waals surface area contributed by atoms with Crippen LogP contribution in [-0.2, 0) is 14.6 Å². The van der Waals surface area contributed by atoms with Gasteiger partial charge in [0.05, 0.1) is 16.8 Å². The number of nitrogens with zero attached hydrogens (tertiary/aromatic N) is 4. The van der Waals surface area contributed by atoms with Crippen LogP contribution < -0.4 is 5.56 Å². The molecule has 1 fully saturated rings. The maximum absolute atomic E-state index is 14.5. The van der Waals surface area contributed by atoms with Crippen LogP contribution in [0.25, 0.3) is 11.3 Å². The van der Waals surface area contributed by atoms with Gasteiger partial charge in [-0.1, -0.05) is 17.7 Å². The van der Waals surface area contributed by atoms with Crippen molar-refractivity contribution >= 4 is 27.5 Å². The zero-order chi connectivity index (χ0) is 27.8.